The summed E-state index contributed by atoms with van der Waals surface area (Å²) in [6, 6.07) is 5.00. The van der Waals surface area contributed by atoms with Crippen LogP contribution in [0.4, 0.5) is 9.18 Å². The monoisotopic (exact) mass is 405 g/mol. The SMILES string of the molecule is C[C@H]1CCCC[C@]12NC(=O)N(CC(=O)OCC(=O)NCc1ccc(F)cc1)C2=O. The van der Waals surface area contributed by atoms with Gasteiger partial charge in [-0.1, -0.05) is 31.9 Å². The molecule has 0 radical (unpaired) electrons. The third-order valence-corrected chi connectivity index (χ3v) is 5.56. The maximum atomic E-state index is 12.9. The van der Waals surface area contributed by atoms with E-state index in [4.69, 9.17) is 4.74 Å². The summed E-state index contributed by atoms with van der Waals surface area (Å²) in [6.07, 6.45) is 3.22. The highest BCUT2D eigenvalue weighted by Crippen LogP contribution is 2.38. The Bertz CT molecular complexity index is 813. The lowest BCUT2D eigenvalue weighted by Crippen LogP contribution is -2.54. The first-order valence-corrected chi connectivity index (χ1v) is 9.63. The number of imide groups is 1. The number of carbonyl (C=O) groups excluding carboxylic acids is 4. The van der Waals surface area contributed by atoms with Crippen LogP contribution in [0.2, 0.25) is 0 Å². The minimum Gasteiger partial charge on any atom is -0.454 e. The van der Waals surface area contributed by atoms with Gasteiger partial charge in [0, 0.05) is 6.54 Å². The largest absolute Gasteiger partial charge is 0.454 e. The minimum absolute atomic E-state index is 0.00837. The van der Waals surface area contributed by atoms with E-state index in [-0.39, 0.29) is 18.3 Å². The molecule has 1 aromatic carbocycles. The summed E-state index contributed by atoms with van der Waals surface area (Å²) in [5.41, 5.74) is -0.250. The van der Waals surface area contributed by atoms with Gasteiger partial charge in [0.1, 0.15) is 17.9 Å². The highest BCUT2D eigenvalue weighted by molar-refractivity contribution is 6.09. The van der Waals surface area contributed by atoms with Gasteiger partial charge in [0.25, 0.3) is 11.8 Å². The van der Waals surface area contributed by atoms with Gasteiger partial charge in [0.05, 0.1) is 0 Å². The molecule has 156 valence electrons. The third kappa shape index (κ3) is 4.55. The summed E-state index contributed by atoms with van der Waals surface area (Å²) in [4.78, 5) is 49.7. The van der Waals surface area contributed by atoms with Gasteiger partial charge in [-0.15, -0.1) is 0 Å². The van der Waals surface area contributed by atoms with E-state index in [0.717, 1.165) is 24.2 Å². The molecule has 0 bridgehead atoms. The molecule has 4 amide bonds. The van der Waals surface area contributed by atoms with Crippen molar-refractivity contribution in [1.82, 2.24) is 15.5 Å². The number of hydrogen-bond acceptors (Lipinski definition) is 5. The van der Waals surface area contributed by atoms with E-state index in [9.17, 15) is 23.6 Å². The van der Waals surface area contributed by atoms with Crippen molar-refractivity contribution < 1.29 is 28.3 Å². The molecule has 2 aliphatic rings. The lowest BCUT2D eigenvalue weighted by atomic mass is 9.73. The molecule has 29 heavy (non-hydrogen) atoms. The van der Waals surface area contributed by atoms with Gasteiger partial charge in [-0.2, -0.15) is 0 Å². The fourth-order valence-electron chi connectivity index (χ4n) is 3.81. The van der Waals surface area contributed by atoms with Gasteiger partial charge >= 0.3 is 12.0 Å². The van der Waals surface area contributed by atoms with E-state index in [2.05, 4.69) is 10.6 Å². The Balaban J connectivity index is 1.46. The maximum Gasteiger partial charge on any atom is 0.326 e. The number of rotatable bonds is 6. The number of halogens is 1. The summed E-state index contributed by atoms with van der Waals surface area (Å²) in [5.74, 6) is -2.18. The van der Waals surface area contributed by atoms with Crippen molar-refractivity contribution >= 4 is 23.8 Å². The van der Waals surface area contributed by atoms with E-state index < -0.39 is 42.5 Å². The predicted molar refractivity (Wildman–Crippen MR) is 99.8 cm³/mol. The first-order valence-electron chi connectivity index (χ1n) is 9.63. The molecule has 1 saturated heterocycles. The zero-order chi connectivity index (χ0) is 21.0. The molecule has 9 heteroatoms. The molecule has 1 spiro atoms. The van der Waals surface area contributed by atoms with Gasteiger partial charge in [-0.25, -0.2) is 9.18 Å². The highest BCUT2D eigenvalue weighted by Gasteiger charge is 2.55. The number of amides is 4. The summed E-state index contributed by atoms with van der Waals surface area (Å²) >= 11 is 0. The summed E-state index contributed by atoms with van der Waals surface area (Å²) in [5, 5.41) is 5.29. The topological polar surface area (TPSA) is 105 Å². The van der Waals surface area contributed by atoms with Crippen molar-refractivity contribution in [3.05, 3.63) is 35.6 Å². The van der Waals surface area contributed by atoms with Crippen molar-refractivity contribution in [3.63, 3.8) is 0 Å². The zero-order valence-electron chi connectivity index (χ0n) is 16.2. The second kappa shape index (κ2) is 8.59. The zero-order valence-corrected chi connectivity index (χ0v) is 16.2. The Kier molecular flexibility index (Phi) is 6.14. The van der Waals surface area contributed by atoms with Crippen molar-refractivity contribution in [2.24, 2.45) is 5.92 Å². The second-order valence-electron chi connectivity index (χ2n) is 7.50. The predicted octanol–water partition coefficient (Wildman–Crippen LogP) is 1.49. The van der Waals surface area contributed by atoms with Crippen LogP contribution >= 0.6 is 0 Å². The maximum absolute atomic E-state index is 12.9. The Morgan fingerprint density at radius 1 is 1.28 bits per heavy atom. The number of benzene rings is 1. The summed E-state index contributed by atoms with van der Waals surface area (Å²) in [7, 11) is 0. The van der Waals surface area contributed by atoms with Gasteiger partial charge in [0.2, 0.25) is 0 Å². The molecule has 2 atom stereocenters. The van der Waals surface area contributed by atoms with Crippen molar-refractivity contribution in [2.75, 3.05) is 13.2 Å². The van der Waals surface area contributed by atoms with Crippen LogP contribution in [0, 0.1) is 11.7 Å². The number of nitrogens with one attached hydrogen (secondary N) is 2. The number of carbonyl (C=O) groups is 4. The molecule has 1 aliphatic heterocycles. The van der Waals surface area contributed by atoms with Gasteiger partial charge in [0.15, 0.2) is 6.61 Å². The lowest BCUT2D eigenvalue weighted by molar-refractivity contribution is -0.151. The smallest absolute Gasteiger partial charge is 0.326 e. The Hall–Kier alpha value is -2.97. The van der Waals surface area contributed by atoms with Crippen LogP contribution in [-0.2, 0) is 25.7 Å². The quantitative estimate of drug-likeness (QED) is 0.551. The average molecular weight is 405 g/mol. The summed E-state index contributed by atoms with van der Waals surface area (Å²) < 4.78 is 17.7. The molecule has 1 saturated carbocycles. The molecule has 1 aromatic rings. The van der Waals surface area contributed by atoms with Crippen molar-refractivity contribution in [3.8, 4) is 0 Å². The molecule has 1 aliphatic carbocycles. The van der Waals surface area contributed by atoms with E-state index >= 15 is 0 Å². The van der Waals surface area contributed by atoms with Gasteiger partial charge in [-0.05, 0) is 36.5 Å². The van der Waals surface area contributed by atoms with Crippen LogP contribution in [0.15, 0.2) is 24.3 Å². The van der Waals surface area contributed by atoms with E-state index in [1.807, 2.05) is 6.92 Å². The van der Waals surface area contributed by atoms with Crippen LogP contribution < -0.4 is 10.6 Å². The fraction of sp³-hybridized carbons (Fsp3) is 0.500. The molecule has 8 nitrogen and oxygen atoms in total. The van der Waals surface area contributed by atoms with Gasteiger partial charge < -0.3 is 15.4 Å². The number of ether oxygens (including phenoxy) is 1. The minimum atomic E-state index is -0.942. The Morgan fingerprint density at radius 3 is 2.69 bits per heavy atom. The molecule has 0 unspecified atom stereocenters. The van der Waals surface area contributed by atoms with Crippen molar-refractivity contribution in [2.45, 2.75) is 44.7 Å². The molecular formula is C20H24FN3O5. The number of nitrogens with zero attached hydrogens (tertiary/aromatic N) is 1. The first kappa shape index (κ1) is 20.8. The van der Waals surface area contributed by atoms with Gasteiger partial charge in [-0.3, -0.25) is 19.3 Å². The van der Waals surface area contributed by atoms with Crippen LogP contribution in [0.5, 0.6) is 0 Å². The molecule has 2 N–H and O–H groups in total. The Morgan fingerprint density at radius 2 is 2.00 bits per heavy atom. The van der Waals surface area contributed by atoms with Crippen LogP contribution in [0.1, 0.15) is 38.2 Å². The van der Waals surface area contributed by atoms with E-state index in [1.54, 1.807) is 0 Å². The molecule has 0 aromatic heterocycles. The van der Waals surface area contributed by atoms with Crippen LogP contribution in [0.3, 0.4) is 0 Å². The lowest BCUT2D eigenvalue weighted by Gasteiger charge is -2.36. The fourth-order valence-corrected chi connectivity index (χ4v) is 3.81. The molecular weight excluding hydrogens is 381 g/mol. The number of hydrogen-bond donors (Lipinski definition) is 2. The van der Waals surface area contributed by atoms with E-state index in [1.165, 1.54) is 24.3 Å². The number of urea groups is 1. The summed E-state index contributed by atoms with van der Waals surface area (Å²) in [6.45, 7) is 1.00. The Labute approximate surface area is 167 Å². The van der Waals surface area contributed by atoms with Crippen LogP contribution in [-0.4, -0.2) is 47.4 Å². The van der Waals surface area contributed by atoms with Crippen LogP contribution in [0.25, 0.3) is 0 Å². The second-order valence-corrected chi connectivity index (χ2v) is 7.50. The normalized spacial score (nSPS) is 23.8. The standard InChI is InChI=1S/C20H24FN3O5/c1-13-4-2-3-9-20(13)18(27)24(19(28)23-20)11-17(26)29-12-16(25)22-10-14-5-7-15(21)8-6-14/h5-8,13H,2-4,9-12H2,1H3,(H,22,25)(H,23,28)/t13-,20-/m0/s1. The average Bonchev–Trinajstić information content (AvgIpc) is 2.93. The highest BCUT2D eigenvalue weighted by atomic mass is 19.1. The van der Waals surface area contributed by atoms with Crippen molar-refractivity contribution in [1.29, 1.82) is 0 Å². The molecule has 1 heterocycles. The number of esters is 1. The van der Waals surface area contributed by atoms with E-state index in [0.29, 0.717) is 12.0 Å². The third-order valence-electron chi connectivity index (χ3n) is 5.56. The first-order chi connectivity index (χ1) is 13.8. The molecule has 2 fully saturated rings. The molecule has 3 rings (SSSR count).